The van der Waals surface area contributed by atoms with Gasteiger partial charge in [-0.3, -0.25) is 14.6 Å². The second-order valence-corrected chi connectivity index (χ2v) is 6.79. The van der Waals surface area contributed by atoms with Gasteiger partial charge in [-0.1, -0.05) is 18.2 Å². The van der Waals surface area contributed by atoms with Crippen LogP contribution < -0.4 is 0 Å². The predicted molar refractivity (Wildman–Crippen MR) is 99.9 cm³/mol. The number of piperazine rings is 1. The van der Waals surface area contributed by atoms with Crippen molar-refractivity contribution in [3.05, 3.63) is 65.6 Å². The quantitative estimate of drug-likeness (QED) is 0.707. The molecular formula is C20H17N5O2. The second kappa shape index (κ2) is 6.05. The fourth-order valence-corrected chi connectivity index (χ4v) is 3.84. The van der Waals surface area contributed by atoms with Crippen molar-refractivity contribution in [2.45, 2.75) is 19.0 Å². The van der Waals surface area contributed by atoms with E-state index in [1.54, 1.807) is 35.6 Å². The van der Waals surface area contributed by atoms with Gasteiger partial charge in [0.1, 0.15) is 12.6 Å². The number of aromatic amines is 1. The van der Waals surface area contributed by atoms with Gasteiger partial charge in [0.25, 0.3) is 5.91 Å². The highest BCUT2D eigenvalue weighted by Crippen LogP contribution is 2.32. The third-order valence-corrected chi connectivity index (χ3v) is 5.20. The number of aromatic nitrogens is 2. The molecule has 5 rings (SSSR count). The summed E-state index contributed by atoms with van der Waals surface area (Å²) < 4.78 is 0. The number of nitrogens with one attached hydrogen (secondary N) is 1. The van der Waals surface area contributed by atoms with Crippen LogP contribution in [-0.4, -0.2) is 50.5 Å². The molecule has 134 valence electrons. The number of fused-ring (bicyclic) bond motifs is 4. The first-order chi connectivity index (χ1) is 13.2. The monoisotopic (exact) mass is 359 g/mol. The zero-order valence-electron chi connectivity index (χ0n) is 14.5. The predicted octanol–water partition coefficient (Wildman–Crippen LogP) is 1.69. The summed E-state index contributed by atoms with van der Waals surface area (Å²) >= 11 is 0. The molecule has 2 amide bonds. The number of nitrogens with zero attached hydrogens (tertiary/aromatic N) is 4. The van der Waals surface area contributed by atoms with Gasteiger partial charge < -0.3 is 9.88 Å². The van der Waals surface area contributed by atoms with Crippen LogP contribution in [0.5, 0.6) is 0 Å². The molecule has 0 radical (unpaired) electrons. The number of H-pyrrole nitrogens is 1. The zero-order valence-corrected chi connectivity index (χ0v) is 14.5. The molecule has 1 aromatic carbocycles. The molecule has 7 heteroatoms. The number of hydrogen-bond acceptors (Lipinski definition) is 4. The number of pyridine rings is 1. The first-order valence-electron chi connectivity index (χ1n) is 8.84. The highest BCUT2D eigenvalue weighted by Gasteiger charge is 2.43. The third-order valence-electron chi connectivity index (χ3n) is 5.20. The minimum Gasteiger partial charge on any atom is -0.357 e. The van der Waals surface area contributed by atoms with E-state index >= 15 is 0 Å². The van der Waals surface area contributed by atoms with Crippen LogP contribution in [0.15, 0.2) is 53.9 Å². The largest absolute Gasteiger partial charge is 0.357 e. The van der Waals surface area contributed by atoms with E-state index in [1.807, 2.05) is 18.2 Å². The zero-order chi connectivity index (χ0) is 18.4. The Bertz CT molecular complexity index is 1070. The lowest BCUT2D eigenvalue weighted by Crippen LogP contribution is -2.60. The Morgan fingerprint density at radius 3 is 2.78 bits per heavy atom. The molecular weight excluding hydrogens is 342 g/mol. The van der Waals surface area contributed by atoms with Gasteiger partial charge in [-0.15, -0.1) is 0 Å². The number of amides is 2. The topological polar surface area (TPSA) is 81.7 Å². The van der Waals surface area contributed by atoms with Gasteiger partial charge in [0.15, 0.2) is 0 Å². The van der Waals surface area contributed by atoms with E-state index < -0.39 is 6.04 Å². The highest BCUT2D eigenvalue weighted by atomic mass is 16.2. The summed E-state index contributed by atoms with van der Waals surface area (Å²) in [5.41, 5.74) is 4.00. The van der Waals surface area contributed by atoms with Crippen molar-refractivity contribution >= 4 is 28.9 Å². The van der Waals surface area contributed by atoms with Gasteiger partial charge >= 0.3 is 0 Å². The van der Waals surface area contributed by atoms with E-state index in [2.05, 4.69) is 21.1 Å². The Balaban J connectivity index is 1.46. The molecule has 1 N–H and O–H groups in total. The minimum atomic E-state index is -0.507. The van der Waals surface area contributed by atoms with E-state index in [0.29, 0.717) is 13.0 Å². The Morgan fingerprint density at radius 2 is 1.93 bits per heavy atom. The summed E-state index contributed by atoms with van der Waals surface area (Å²) in [6.07, 6.45) is 5.41. The highest BCUT2D eigenvalue weighted by molar-refractivity contribution is 5.97. The van der Waals surface area contributed by atoms with E-state index in [4.69, 9.17) is 0 Å². The molecule has 0 spiro atoms. The summed E-state index contributed by atoms with van der Waals surface area (Å²) in [4.78, 5) is 34.7. The number of rotatable bonds is 2. The van der Waals surface area contributed by atoms with Crippen LogP contribution in [0.2, 0.25) is 0 Å². The molecule has 1 fully saturated rings. The summed E-state index contributed by atoms with van der Waals surface area (Å²) in [5.74, 6) is -0.230. The van der Waals surface area contributed by atoms with Crippen molar-refractivity contribution in [1.29, 1.82) is 0 Å². The van der Waals surface area contributed by atoms with Gasteiger partial charge in [0.2, 0.25) is 5.91 Å². The Labute approximate surface area is 155 Å². The fourth-order valence-electron chi connectivity index (χ4n) is 3.84. The number of carbonyl (C=O) groups excluding carboxylic acids is 2. The average Bonchev–Trinajstić information content (AvgIpc) is 3.07. The molecule has 0 saturated carbocycles. The lowest BCUT2D eigenvalue weighted by atomic mass is 9.94. The number of benzene rings is 1. The summed E-state index contributed by atoms with van der Waals surface area (Å²) in [6.45, 7) is 0.396. The summed E-state index contributed by atoms with van der Waals surface area (Å²) in [7, 11) is 0. The first kappa shape index (κ1) is 15.7. The maximum absolute atomic E-state index is 13.0. The first-order valence-corrected chi connectivity index (χ1v) is 8.84. The molecule has 0 unspecified atom stereocenters. The number of hydrazone groups is 1. The van der Waals surface area contributed by atoms with Crippen LogP contribution in [0, 0.1) is 0 Å². The maximum Gasteiger partial charge on any atom is 0.266 e. The fraction of sp³-hybridized carbons (Fsp3) is 0.200. The molecule has 0 bridgehead atoms. The SMILES string of the molecule is O=C1[C@H]2Cc3c([nH]c4ccccc34)CN2C(=O)CN1/N=C/c1ccncc1. The molecule has 2 aliphatic heterocycles. The van der Waals surface area contributed by atoms with Crippen molar-refractivity contribution in [2.24, 2.45) is 5.10 Å². The standard InChI is InChI=1S/C20H17N5O2/c26-19-12-25(22-10-13-5-7-21-8-6-13)20(27)18-9-15-14-3-1-2-4-16(14)23-17(15)11-24(18)19/h1-8,10,18,23H,9,11-12H2/b22-10+/t18-/m1/s1. The van der Waals surface area contributed by atoms with Gasteiger partial charge in [-0.25, -0.2) is 5.01 Å². The van der Waals surface area contributed by atoms with Gasteiger partial charge in [0, 0.05) is 35.4 Å². The Hall–Kier alpha value is -3.48. The molecule has 1 atom stereocenters. The molecule has 3 aromatic rings. The smallest absolute Gasteiger partial charge is 0.266 e. The molecule has 7 nitrogen and oxygen atoms in total. The van der Waals surface area contributed by atoms with Crippen LogP contribution in [-0.2, 0) is 22.6 Å². The number of hydrogen-bond donors (Lipinski definition) is 1. The Morgan fingerprint density at radius 1 is 1.11 bits per heavy atom. The van der Waals surface area contributed by atoms with Crippen LogP contribution in [0.1, 0.15) is 16.8 Å². The third kappa shape index (κ3) is 2.59. The van der Waals surface area contributed by atoms with Crippen molar-refractivity contribution in [1.82, 2.24) is 19.9 Å². The Kier molecular flexibility index (Phi) is 3.53. The van der Waals surface area contributed by atoms with Crippen molar-refractivity contribution in [3.8, 4) is 0 Å². The molecule has 2 aliphatic rings. The summed E-state index contributed by atoms with van der Waals surface area (Å²) in [5, 5.41) is 6.65. The lowest BCUT2D eigenvalue weighted by molar-refractivity contribution is -0.157. The summed E-state index contributed by atoms with van der Waals surface area (Å²) in [6, 6.07) is 11.1. The van der Waals surface area contributed by atoms with Crippen LogP contribution in [0.3, 0.4) is 0 Å². The van der Waals surface area contributed by atoms with Crippen molar-refractivity contribution in [2.75, 3.05) is 6.54 Å². The van der Waals surface area contributed by atoms with E-state index in [1.165, 1.54) is 5.01 Å². The van der Waals surface area contributed by atoms with Gasteiger partial charge in [-0.05, 0) is 29.3 Å². The number of para-hydroxylation sites is 1. The normalized spacial score (nSPS) is 19.6. The molecule has 4 heterocycles. The minimum absolute atomic E-state index is 0.0352. The lowest BCUT2D eigenvalue weighted by Gasteiger charge is -2.40. The molecule has 0 aliphatic carbocycles. The van der Waals surface area contributed by atoms with E-state index in [0.717, 1.165) is 27.7 Å². The number of carbonyl (C=O) groups is 2. The van der Waals surface area contributed by atoms with Crippen molar-refractivity contribution < 1.29 is 9.59 Å². The van der Waals surface area contributed by atoms with Crippen LogP contribution in [0.25, 0.3) is 10.9 Å². The molecule has 1 saturated heterocycles. The molecule has 27 heavy (non-hydrogen) atoms. The van der Waals surface area contributed by atoms with E-state index in [9.17, 15) is 9.59 Å². The van der Waals surface area contributed by atoms with Crippen LogP contribution in [0.4, 0.5) is 0 Å². The average molecular weight is 359 g/mol. The van der Waals surface area contributed by atoms with Crippen molar-refractivity contribution in [3.63, 3.8) is 0 Å². The van der Waals surface area contributed by atoms with Gasteiger partial charge in [0.05, 0.1) is 12.8 Å². The maximum atomic E-state index is 13.0. The molecule has 2 aromatic heterocycles. The van der Waals surface area contributed by atoms with Crippen LogP contribution >= 0.6 is 0 Å². The van der Waals surface area contributed by atoms with Gasteiger partial charge in [-0.2, -0.15) is 5.10 Å². The van der Waals surface area contributed by atoms with E-state index in [-0.39, 0.29) is 18.4 Å². The second-order valence-electron chi connectivity index (χ2n) is 6.79.